The number of rotatable bonds is 16. The lowest BCUT2D eigenvalue weighted by Crippen LogP contribution is -2.35. The zero-order valence-corrected chi connectivity index (χ0v) is 28.5. The summed E-state index contributed by atoms with van der Waals surface area (Å²) in [6.07, 6.45) is 1.06. The van der Waals surface area contributed by atoms with E-state index in [1.54, 1.807) is 9.80 Å². The van der Waals surface area contributed by atoms with Gasteiger partial charge in [0.2, 0.25) is 11.8 Å². The third-order valence-electron chi connectivity index (χ3n) is 7.33. The van der Waals surface area contributed by atoms with E-state index in [1.807, 2.05) is 60.7 Å². The van der Waals surface area contributed by atoms with Gasteiger partial charge in [-0.3, -0.25) is 29.0 Å². The summed E-state index contributed by atoms with van der Waals surface area (Å²) < 4.78 is 0.615. The molecule has 2 aliphatic heterocycles. The van der Waals surface area contributed by atoms with Crippen LogP contribution in [0.15, 0.2) is 70.5 Å². The average Bonchev–Trinajstić information content (AvgIpc) is 3.49. The lowest BCUT2D eigenvalue weighted by molar-refractivity contribution is -0.133. The van der Waals surface area contributed by atoms with E-state index in [0.717, 1.165) is 34.7 Å². The average molecular weight is 701 g/mol. The van der Waals surface area contributed by atoms with Crippen LogP contribution in [-0.4, -0.2) is 101 Å². The van der Waals surface area contributed by atoms with Crippen molar-refractivity contribution in [1.29, 1.82) is 0 Å². The minimum absolute atomic E-state index is 0.137. The Morgan fingerprint density at radius 3 is 1.37 bits per heavy atom. The van der Waals surface area contributed by atoms with Crippen LogP contribution in [0.3, 0.4) is 0 Å². The summed E-state index contributed by atoms with van der Waals surface area (Å²) in [5.74, 6) is -1.06. The summed E-state index contributed by atoms with van der Waals surface area (Å²) in [5.41, 5.74) is 1.91. The third-order valence-corrected chi connectivity index (χ3v) is 10.4. The van der Waals surface area contributed by atoms with E-state index in [-0.39, 0.29) is 73.9 Å². The minimum Gasteiger partial charge on any atom is -0.395 e. The van der Waals surface area contributed by atoms with Crippen LogP contribution in [0.25, 0.3) is 0 Å². The van der Waals surface area contributed by atoms with Crippen LogP contribution in [0.4, 0.5) is 0 Å². The lowest BCUT2D eigenvalue weighted by atomic mass is 10.2. The lowest BCUT2D eigenvalue weighted by Gasteiger charge is -2.22. The number of hydrogen-bond acceptors (Lipinski definition) is 10. The minimum atomic E-state index is -0.393. The van der Waals surface area contributed by atoms with Crippen LogP contribution in [0, 0.1) is 0 Å². The van der Waals surface area contributed by atoms with Crippen LogP contribution < -0.4 is 0 Å². The van der Waals surface area contributed by atoms with E-state index in [4.69, 9.17) is 24.4 Å². The van der Waals surface area contributed by atoms with Gasteiger partial charge < -0.3 is 20.0 Å². The highest BCUT2D eigenvalue weighted by atomic mass is 32.2. The van der Waals surface area contributed by atoms with Gasteiger partial charge in [-0.05, 0) is 24.0 Å². The summed E-state index contributed by atoms with van der Waals surface area (Å²) in [5, 5.41) is 18.9. The van der Waals surface area contributed by atoms with Crippen molar-refractivity contribution in [3.05, 3.63) is 81.6 Å². The Balaban J connectivity index is 1.29. The second-order valence-corrected chi connectivity index (χ2v) is 13.9. The molecule has 0 atom stereocenters. The molecule has 2 heterocycles. The number of nitrogens with zero attached hydrogens (tertiary/aromatic N) is 4. The number of hydrogen-bond donors (Lipinski definition) is 2. The van der Waals surface area contributed by atoms with E-state index >= 15 is 0 Å². The molecule has 0 spiro atoms. The largest absolute Gasteiger partial charge is 0.395 e. The molecule has 14 heteroatoms. The van der Waals surface area contributed by atoms with Gasteiger partial charge in [0.25, 0.3) is 11.8 Å². The maximum Gasteiger partial charge on any atom is 0.267 e. The highest BCUT2D eigenvalue weighted by Gasteiger charge is 2.41. The first kappa shape index (κ1) is 35.7. The molecule has 2 aromatic carbocycles. The molecule has 0 radical (unpaired) electrons. The Morgan fingerprint density at radius 2 is 1.02 bits per heavy atom. The summed E-state index contributed by atoms with van der Waals surface area (Å²) in [6, 6.07) is 19.0. The first-order chi connectivity index (χ1) is 22.2. The van der Waals surface area contributed by atoms with Crippen LogP contribution in [0.5, 0.6) is 0 Å². The predicted molar refractivity (Wildman–Crippen MR) is 187 cm³/mol. The molecule has 2 N–H and O–H groups in total. The molecule has 0 saturated carbocycles. The van der Waals surface area contributed by atoms with E-state index in [0.29, 0.717) is 34.6 Å². The normalized spacial score (nSPS) is 16.5. The zero-order chi connectivity index (χ0) is 33.1. The van der Waals surface area contributed by atoms with Gasteiger partial charge >= 0.3 is 0 Å². The van der Waals surface area contributed by atoms with Crippen molar-refractivity contribution in [3.8, 4) is 0 Å². The number of aliphatic hydroxyl groups excluding tert-OH is 2. The maximum atomic E-state index is 13.3. The highest BCUT2D eigenvalue weighted by Crippen LogP contribution is 2.42. The van der Waals surface area contributed by atoms with Crippen LogP contribution in [0.2, 0.25) is 0 Å². The molecule has 244 valence electrons. The highest BCUT2D eigenvalue weighted by molar-refractivity contribution is 8.29. The zero-order valence-electron chi connectivity index (χ0n) is 25.2. The van der Waals surface area contributed by atoms with Crippen LogP contribution in [-0.2, 0) is 32.3 Å². The first-order valence-corrected chi connectivity index (χ1v) is 17.3. The van der Waals surface area contributed by atoms with Crippen LogP contribution >= 0.6 is 48.0 Å². The number of aliphatic hydroxyl groups is 2. The number of amides is 4. The van der Waals surface area contributed by atoms with E-state index < -0.39 is 11.8 Å². The van der Waals surface area contributed by atoms with Gasteiger partial charge in [-0.25, -0.2) is 0 Å². The van der Waals surface area contributed by atoms with Crippen molar-refractivity contribution in [2.75, 3.05) is 39.4 Å². The van der Waals surface area contributed by atoms with Crippen molar-refractivity contribution < 1.29 is 29.4 Å². The number of thioether (sulfide) groups is 2. The molecule has 10 nitrogen and oxygen atoms in total. The van der Waals surface area contributed by atoms with E-state index in [2.05, 4.69) is 0 Å². The molecule has 2 fully saturated rings. The summed E-state index contributed by atoms with van der Waals surface area (Å²) in [7, 11) is 0. The Hall–Kier alpha value is -3.14. The monoisotopic (exact) mass is 700 g/mol. The SMILES string of the molecule is O=C(CCCN1C(=O)C(=C2SC(=S)N(CCCC(=O)N(CCO)Cc3ccccc3)C2=O)SC1=S)N(CCO)Cc1ccccc1. The quantitative estimate of drug-likeness (QED) is 0.199. The summed E-state index contributed by atoms with van der Waals surface area (Å²) >= 11 is 13.0. The molecule has 2 aliphatic rings. The molecule has 46 heavy (non-hydrogen) atoms. The van der Waals surface area contributed by atoms with Crippen molar-refractivity contribution in [2.24, 2.45) is 0 Å². The van der Waals surface area contributed by atoms with E-state index in [9.17, 15) is 29.4 Å². The maximum absolute atomic E-state index is 13.3. The van der Waals surface area contributed by atoms with Gasteiger partial charge in [0.15, 0.2) is 0 Å². The van der Waals surface area contributed by atoms with E-state index in [1.165, 1.54) is 9.80 Å². The molecule has 0 aliphatic carbocycles. The van der Waals surface area contributed by atoms with Crippen LogP contribution in [0.1, 0.15) is 36.8 Å². The van der Waals surface area contributed by atoms with Crippen molar-refractivity contribution >= 4 is 80.2 Å². The molecule has 0 unspecified atom stereocenters. The second-order valence-electron chi connectivity index (χ2n) is 10.6. The van der Waals surface area contributed by atoms with Crippen molar-refractivity contribution in [3.63, 3.8) is 0 Å². The number of carbonyl (C=O) groups is 4. The third kappa shape index (κ3) is 9.46. The number of carbonyl (C=O) groups excluding carboxylic acids is 4. The molecular weight excluding hydrogens is 665 g/mol. The second kappa shape index (κ2) is 17.7. The molecule has 2 aromatic rings. The topological polar surface area (TPSA) is 122 Å². The fourth-order valence-electron chi connectivity index (χ4n) is 4.98. The molecule has 4 amide bonds. The first-order valence-electron chi connectivity index (χ1n) is 14.9. The molecule has 4 rings (SSSR count). The van der Waals surface area contributed by atoms with Gasteiger partial charge in [0, 0.05) is 52.1 Å². The van der Waals surface area contributed by atoms with Crippen molar-refractivity contribution in [1.82, 2.24) is 19.6 Å². The Bertz CT molecular complexity index is 1360. The van der Waals surface area contributed by atoms with Crippen molar-refractivity contribution in [2.45, 2.75) is 38.8 Å². The standard InChI is InChI=1S/C32H36N4O6S4/c37-19-17-33(21-23-9-3-1-4-10-23)25(39)13-7-15-35-29(41)27(45-31(35)43)28-30(42)36(32(44)46-28)16-8-14-26(40)34(18-20-38)22-24-11-5-2-6-12-24/h1-6,9-12,37-38H,7-8,13-22H2. The Kier molecular flexibility index (Phi) is 13.7. The molecule has 2 saturated heterocycles. The van der Waals surface area contributed by atoms with Gasteiger partial charge in [0.1, 0.15) is 8.64 Å². The van der Waals surface area contributed by atoms with Gasteiger partial charge in [-0.15, -0.1) is 0 Å². The van der Waals surface area contributed by atoms with Gasteiger partial charge in [-0.2, -0.15) is 0 Å². The predicted octanol–water partition coefficient (Wildman–Crippen LogP) is 3.52. The number of benzene rings is 2. The Morgan fingerprint density at radius 1 is 0.652 bits per heavy atom. The molecular formula is C32H36N4O6S4. The smallest absolute Gasteiger partial charge is 0.267 e. The fourth-order valence-corrected chi connectivity index (χ4v) is 7.75. The summed E-state index contributed by atoms with van der Waals surface area (Å²) in [4.78, 5) is 58.9. The number of thiocarbonyl (C=S) groups is 2. The molecule has 0 bridgehead atoms. The fraction of sp³-hybridized carbons (Fsp3) is 0.375. The summed E-state index contributed by atoms with van der Waals surface area (Å²) in [6.45, 7) is 1.30. The Labute approximate surface area is 287 Å². The van der Waals surface area contributed by atoms with Gasteiger partial charge in [-0.1, -0.05) is 109 Å². The van der Waals surface area contributed by atoms with Gasteiger partial charge in [0.05, 0.1) is 23.0 Å². The molecule has 0 aromatic heterocycles.